The molecule has 7 nitrogen and oxygen atoms in total. The van der Waals surface area contributed by atoms with Crippen LogP contribution in [-0.2, 0) is 9.59 Å². The molecule has 7 heteroatoms. The first-order valence-corrected chi connectivity index (χ1v) is 5.79. The first-order valence-electron chi connectivity index (χ1n) is 5.79. The Kier molecular flexibility index (Phi) is 3.41. The molecule has 0 saturated heterocycles. The Hall–Kier alpha value is -2.12. The summed E-state index contributed by atoms with van der Waals surface area (Å²) in [4.78, 5) is 23.2. The quantitative estimate of drug-likeness (QED) is 0.387. The van der Waals surface area contributed by atoms with E-state index < -0.39 is 18.1 Å². The normalized spacial score (nSPS) is 18.9. The standard InChI is InChI=1S/C12H16N4O3/c1-6-11(17)15-8-5-7(3-4-9(8)19-6)10(13)12(18)16(2)14/h3-6,10H,13-14H2,1-2H3,(H,15,17). The van der Waals surface area contributed by atoms with E-state index in [0.717, 1.165) is 5.01 Å². The molecule has 0 bridgehead atoms. The minimum absolute atomic E-state index is 0.236. The zero-order valence-electron chi connectivity index (χ0n) is 10.7. The largest absolute Gasteiger partial charge is 0.479 e. The van der Waals surface area contributed by atoms with Gasteiger partial charge in [0.25, 0.3) is 11.8 Å². The summed E-state index contributed by atoms with van der Waals surface area (Å²) in [5.41, 5.74) is 6.87. The highest BCUT2D eigenvalue weighted by atomic mass is 16.5. The molecular weight excluding hydrogens is 248 g/mol. The zero-order chi connectivity index (χ0) is 14.2. The number of carbonyl (C=O) groups excluding carboxylic acids is 2. The number of likely N-dealkylation sites (N-methyl/N-ethyl adjacent to an activating group) is 1. The van der Waals surface area contributed by atoms with Crippen LogP contribution in [0.25, 0.3) is 0 Å². The number of benzene rings is 1. The van der Waals surface area contributed by atoms with Crippen molar-refractivity contribution in [1.29, 1.82) is 0 Å². The van der Waals surface area contributed by atoms with Crippen molar-refractivity contribution in [3.05, 3.63) is 23.8 Å². The molecule has 1 aromatic rings. The molecule has 19 heavy (non-hydrogen) atoms. The fourth-order valence-electron chi connectivity index (χ4n) is 1.78. The van der Waals surface area contributed by atoms with E-state index in [9.17, 15) is 9.59 Å². The lowest BCUT2D eigenvalue weighted by Crippen LogP contribution is -2.40. The molecule has 1 aliphatic rings. The third-order valence-corrected chi connectivity index (χ3v) is 2.91. The van der Waals surface area contributed by atoms with Gasteiger partial charge in [0, 0.05) is 7.05 Å². The predicted molar refractivity (Wildman–Crippen MR) is 69.0 cm³/mol. The van der Waals surface area contributed by atoms with E-state index in [0.29, 0.717) is 17.0 Å². The van der Waals surface area contributed by atoms with E-state index in [1.54, 1.807) is 25.1 Å². The molecular formula is C12H16N4O3. The van der Waals surface area contributed by atoms with Crippen LogP contribution in [-0.4, -0.2) is 30.0 Å². The molecule has 1 aliphatic heterocycles. The van der Waals surface area contributed by atoms with Gasteiger partial charge in [0.1, 0.15) is 11.8 Å². The number of nitrogens with zero attached hydrogens (tertiary/aromatic N) is 1. The van der Waals surface area contributed by atoms with E-state index in [4.69, 9.17) is 16.3 Å². The van der Waals surface area contributed by atoms with E-state index in [-0.39, 0.29) is 5.91 Å². The molecule has 102 valence electrons. The first-order chi connectivity index (χ1) is 8.90. The zero-order valence-corrected chi connectivity index (χ0v) is 10.7. The molecule has 1 aromatic carbocycles. The van der Waals surface area contributed by atoms with Gasteiger partial charge in [-0.25, -0.2) is 5.84 Å². The Labute approximate surface area is 110 Å². The molecule has 1 heterocycles. The van der Waals surface area contributed by atoms with Crippen LogP contribution in [0.5, 0.6) is 5.75 Å². The number of hydrazine groups is 1. The summed E-state index contributed by atoms with van der Waals surface area (Å²) in [5.74, 6) is 5.26. The van der Waals surface area contributed by atoms with Crippen LogP contribution in [0.3, 0.4) is 0 Å². The monoisotopic (exact) mass is 264 g/mol. The number of nitrogens with two attached hydrogens (primary N) is 2. The van der Waals surface area contributed by atoms with Crippen molar-refractivity contribution in [3.63, 3.8) is 0 Å². The number of carbonyl (C=O) groups is 2. The topological polar surface area (TPSA) is 111 Å². The molecule has 0 saturated carbocycles. The SMILES string of the molecule is CC1Oc2ccc(C(N)C(=O)N(C)N)cc2NC1=O. The highest BCUT2D eigenvalue weighted by Crippen LogP contribution is 2.31. The summed E-state index contributed by atoms with van der Waals surface area (Å²) >= 11 is 0. The van der Waals surface area contributed by atoms with Gasteiger partial charge in [-0.05, 0) is 24.6 Å². The van der Waals surface area contributed by atoms with Gasteiger partial charge < -0.3 is 15.8 Å². The van der Waals surface area contributed by atoms with Crippen LogP contribution in [0.4, 0.5) is 5.69 Å². The van der Waals surface area contributed by atoms with Crippen LogP contribution in [0.1, 0.15) is 18.5 Å². The van der Waals surface area contributed by atoms with Crippen molar-refractivity contribution < 1.29 is 14.3 Å². The maximum Gasteiger partial charge on any atom is 0.265 e. The summed E-state index contributed by atoms with van der Waals surface area (Å²) in [6.45, 7) is 1.66. The second-order valence-electron chi connectivity index (χ2n) is 4.43. The Bertz CT molecular complexity index is 530. The minimum atomic E-state index is -0.878. The van der Waals surface area contributed by atoms with Crippen molar-refractivity contribution in [2.24, 2.45) is 11.6 Å². The van der Waals surface area contributed by atoms with Gasteiger partial charge in [-0.15, -0.1) is 0 Å². The highest BCUT2D eigenvalue weighted by Gasteiger charge is 2.25. The van der Waals surface area contributed by atoms with E-state index in [2.05, 4.69) is 5.32 Å². The Morgan fingerprint density at radius 3 is 2.84 bits per heavy atom. The molecule has 0 aromatic heterocycles. The maximum absolute atomic E-state index is 11.7. The average Bonchev–Trinajstić information content (AvgIpc) is 2.37. The molecule has 2 rings (SSSR count). The molecule has 0 spiro atoms. The highest BCUT2D eigenvalue weighted by molar-refractivity contribution is 5.97. The van der Waals surface area contributed by atoms with Crippen molar-refractivity contribution in [1.82, 2.24) is 5.01 Å². The van der Waals surface area contributed by atoms with Gasteiger partial charge in [-0.3, -0.25) is 14.6 Å². The number of hydrogen-bond acceptors (Lipinski definition) is 5. The second kappa shape index (κ2) is 4.87. The Morgan fingerprint density at radius 1 is 1.53 bits per heavy atom. The Morgan fingerprint density at radius 2 is 2.21 bits per heavy atom. The molecule has 5 N–H and O–H groups in total. The lowest BCUT2D eigenvalue weighted by Gasteiger charge is -2.24. The van der Waals surface area contributed by atoms with Gasteiger partial charge in [-0.1, -0.05) is 6.07 Å². The molecule has 0 radical (unpaired) electrons. The number of ether oxygens (including phenoxy) is 1. The van der Waals surface area contributed by atoms with Crippen LogP contribution >= 0.6 is 0 Å². The van der Waals surface area contributed by atoms with Crippen LogP contribution in [0.2, 0.25) is 0 Å². The van der Waals surface area contributed by atoms with Crippen LogP contribution in [0.15, 0.2) is 18.2 Å². The number of fused-ring (bicyclic) bond motifs is 1. The lowest BCUT2D eigenvalue weighted by molar-refractivity contribution is -0.131. The number of amides is 2. The number of anilines is 1. The van der Waals surface area contributed by atoms with Crippen LogP contribution in [0, 0.1) is 0 Å². The minimum Gasteiger partial charge on any atom is -0.479 e. The smallest absolute Gasteiger partial charge is 0.265 e. The predicted octanol–water partition coefficient (Wildman–Crippen LogP) is -0.262. The number of rotatable bonds is 2. The lowest BCUT2D eigenvalue weighted by atomic mass is 10.0. The van der Waals surface area contributed by atoms with Gasteiger partial charge in [0.15, 0.2) is 6.10 Å². The fourth-order valence-corrected chi connectivity index (χ4v) is 1.78. The molecule has 2 atom stereocenters. The summed E-state index contributed by atoms with van der Waals surface area (Å²) in [6, 6.07) is 4.08. The number of hydrogen-bond donors (Lipinski definition) is 3. The van der Waals surface area contributed by atoms with Crippen molar-refractivity contribution in [3.8, 4) is 5.75 Å². The summed E-state index contributed by atoms with van der Waals surface area (Å²) in [6.07, 6.45) is -0.538. The summed E-state index contributed by atoms with van der Waals surface area (Å²) in [5, 5.41) is 3.63. The summed E-state index contributed by atoms with van der Waals surface area (Å²) < 4.78 is 5.41. The van der Waals surface area contributed by atoms with Crippen LogP contribution < -0.4 is 21.6 Å². The maximum atomic E-state index is 11.7. The van der Waals surface area contributed by atoms with Crippen molar-refractivity contribution in [2.75, 3.05) is 12.4 Å². The fraction of sp³-hybridized carbons (Fsp3) is 0.333. The van der Waals surface area contributed by atoms with E-state index >= 15 is 0 Å². The molecule has 2 unspecified atom stereocenters. The first kappa shape index (κ1) is 13.3. The second-order valence-corrected chi connectivity index (χ2v) is 4.43. The van der Waals surface area contributed by atoms with E-state index in [1.807, 2.05) is 0 Å². The van der Waals surface area contributed by atoms with Crippen molar-refractivity contribution >= 4 is 17.5 Å². The van der Waals surface area contributed by atoms with Gasteiger partial charge in [0.2, 0.25) is 0 Å². The van der Waals surface area contributed by atoms with E-state index in [1.165, 1.54) is 7.05 Å². The third-order valence-electron chi connectivity index (χ3n) is 2.91. The van der Waals surface area contributed by atoms with Gasteiger partial charge in [-0.2, -0.15) is 0 Å². The van der Waals surface area contributed by atoms with Crippen molar-refractivity contribution in [2.45, 2.75) is 19.1 Å². The summed E-state index contributed by atoms with van der Waals surface area (Å²) in [7, 11) is 1.42. The Balaban J connectivity index is 2.29. The molecule has 0 fully saturated rings. The average molecular weight is 264 g/mol. The molecule has 0 aliphatic carbocycles. The third kappa shape index (κ3) is 2.51. The number of nitrogens with one attached hydrogen (secondary N) is 1. The molecule has 2 amide bonds. The van der Waals surface area contributed by atoms with Gasteiger partial charge >= 0.3 is 0 Å². The van der Waals surface area contributed by atoms with Gasteiger partial charge in [0.05, 0.1) is 5.69 Å².